The zero-order valence-corrected chi connectivity index (χ0v) is 13.9. The summed E-state index contributed by atoms with van der Waals surface area (Å²) in [6, 6.07) is 4.06. The monoisotopic (exact) mass is 543 g/mol. The van der Waals surface area contributed by atoms with E-state index in [0.29, 0.717) is 6.61 Å². The lowest BCUT2D eigenvalue weighted by Gasteiger charge is -2.09. The summed E-state index contributed by atoms with van der Waals surface area (Å²) in [6.07, 6.45) is 0. The van der Waals surface area contributed by atoms with E-state index < -0.39 is 5.97 Å². The molecule has 0 fully saturated rings. The largest absolute Gasteiger partial charge is 0.548 e. The van der Waals surface area contributed by atoms with Gasteiger partial charge in [0.2, 0.25) is 0 Å². The van der Waals surface area contributed by atoms with E-state index in [1.165, 1.54) is 0 Å². The maximum atomic E-state index is 10.2. The second-order valence-corrected chi connectivity index (χ2v) is 6.28. The number of hydrogen-bond donors (Lipinski definition) is 0. The summed E-state index contributed by atoms with van der Waals surface area (Å²) in [5.74, 6) is -1.19. The van der Waals surface area contributed by atoms with E-state index in [1.54, 1.807) is 0 Å². The molecule has 15 heavy (non-hydrogen) atoms. The Morgan fingerprint density at radius 2 is 1.80 bits per heavy atom. The van der Waals surface area contributed by atoms with Gasteiger partial charge in [0.05, 0.1) is 19.2 Å². The average molecular weight is 543 g/mol. The summed E-state index contributed by atoms with van der Waals surface area (Å²) >= 11 is 6.67. The summed E-state index contributed by atoms with van der Waals surface area (Å²) in [4.78, 5) is 10.2. The molecule has 0 radical (unpaired) electrons. The van der Waals surface area contributed by atoms with Crippen LogP contribution in [0.3, 0.4) is 0 Å². The minimum absolute atomic E-state index is 0.307. The van der Waals surface area contributed by atoms with Gasteiger partial charge in [0.25, 0.3) is 0 Å². The van der Waals surface area contributed by atoms with Crippen LogP contribution in [-0.2, 0) is 16.1 Å². The molecule has 0 aliphatic rings. The van der Waals surface area contributed by atoms with Crippen molar-refractivity contribution in [2.45, 2.75) is 6.61 Å². The van der Waals surface area contributed by atoms with Crippen molar-refractivity contribution in [3.05, 3.63) is 28.4 Å². The van der Waals surface area contributed by atoms with E-state index in [-0.39, 0.29) is 6.61 Å². The van der Waals surface area contributed by atoms with Gasteiger partial charge in [0, 0.05) is 16.3 Å². The molecule has 0 aromatic heterocycles. The molecule has 1 rings (SSSR count). The normalized spacial score (nSPS) is 10.3. The van der Waals surface area contributed by atoms with Crippen molar-refractivity contribution in [3.63, 3.8) is 0 Å². The molecule has 0 amide bonds. The van der Waals surface area contributed by atoms with Gasteiger partial charge in [0.15, 0.2) is 0 Å². The van der Waals surface area contributed by atoms with Crippen molar-refractivity contribution < 1.29 is 14.6 Å². The molecule has 0 heterocycles. The Morgan fingerprint density at radius 3 is 2.27 bits per heavy atom. The highest BCUT2D eigenvalue weighted by molar-refractivity contribution is 14.1. The van der Waals surface area contributed by atoms with Gasteiger partial charge >= 0.3 is 0 Å². The molecule has 1 aromatic rings. The number of carbonyl (C=O) groups excluding carboxylic acids is 1. The first kappa shape index (κ1) is 13.9. The van der Waals surface area contributed by atoms with Crippen LogP contribution in [0.15, 0.2) is 12.1 Å². The summed E-state index contributed by atoms with van der Waals surface area (Å²) in [7, 11) is 0. The van der Waals surface area contributed by atoms with Crippen molar-refractivity contribution in [2.75, 3.05) is 6.61 Å². The summed E-state index contributed by atoms with van der Waals surface area (Å²) in [5.41, 5.74) is 1.03. The van der Waals surface area contributed by atoms with E-state index in [9.17, 15) is 9.90 Å². The van der Waals surface area contributed by atoms with Gasteiger partial charge in [-0.3, -0.25) is 0 Å². The second kappa shape index (κ2) is 6.55. The third-order valence-electron chi connectivity index (χ3n) is 1.57. The molecular formula is C9H6I3O3-. The van der Waals surface area contributed by atoms with Gasteiger partial charge in [-0.2, -0.15) is 0 Å². The zero-order valence-electron chi connectivity index (χ0n) is 7.43. The van der Waals surface area contributed by atoms with E-state index in [0.717, 1.165) is 16.3 Å². The van der Waals surface area contributed by atoms with Crippen molar-refractivity contribution in [2.24, 2.45) is 0 Å². The first-order valence-corrected chi connectivity index (χ1v) is 7.15. The minimum Gasteiger partial charge on any atom is -0.548 e. The Morgan fingerprint density at radius 1 is 1.27 bits per heavy atom. The topological polar surface area (TPSA) is 49.4 Å². The number of hydrogen-bond acceptors (Lipinski definition) is 3. The molecule has 0 unspecified atom stereocenters. The van der Waals surface area contributed by atoms with Gasteiger partial charge in [0.1, 0.15) is 0 Å². The van der Waals surface area contributed by atoms with Gasteiger partial charge in [-0.05, 0) is 79.9 Å². The predicted octanol–water partition coefficient (Wildman–Crippen LogP) is 1.77. The lowest BCUT2D eigenvalue weighted by molar-refractivity contribution is -0.309. The van der Waals surface area contributed by atoms with E-state index in [2.05, 4.69) is 67.8 Å². The molecule has 0 N–H and O–H groups in total. The number of halogens is 3. The SMILES string of the molecule is O=C([O-])COCc1c(I)cc(I)cc1I. The molecule has 6 heteroatoms. The third-order valence-corrected chi connectivity index (χ3v) is 4.12. The number of carboxylic acid groups (broad SMARTS) is 1. The van der Waals surface area contributed by atoms with Crippen LogP contribution in [0.1, 0.15) is 5.56 Å². The number of benzene rings is 1. The van der Waals surface area contributed by atoms with Gasteiger partial charge in [-0.25, -0.2) is 0 Å². The Kier molecular flexibility index (Phi) is 6.07. The molecule has 0 aliphatic heterocycles. The minimum atomic E-state index is -1.19. The molecule has 0 saturated carbocycles. The lowest BCUT2D eigenvalue weighted by Crippen LogP contribution is -2.27. The Labute approximate surface area is 128 Å². The molecule has 1 aromatic carbocycles. The van der Waals surface area contributed by atoms with Crippen LogP contribution in [0.5, 0.6) is 0 Å². The number of aliphatic carboxylic acids is 1. The first-order valence-electron chi connectivity index (χ1n) is 3.91. The highest BCUT2D eigenvalue weighted by Crippen LogP contribution is 2.23. The van der Waals surface area contributed by atoms with Crippen LogP contribution in [0.2, 0.25) is 0 Å². The predicted molar refractivity (Wildman–Crippen MR) is 79.3 cm³/mol. The van der Waals surface area contributed by atoms with Crippen LogP contribution in [0, 0.1) is 10.7 Å². The molecule has 0 saturated heterocycles. The standard InChI is InChI=1S/C9H7I3O3/c10-5-1-7(11)6(8(12)2-5)3-15-4-9(13)14/h1-2H,3-4H2,(H,13,14)/p-1. The molecule has 0 atom stereocenters. The Bertz CT molecular complexity index is 356. The van der Waals surface area contributed by atoms with Gasteiger partial charge in [-0.15, -0.1) is 0 Å². The molecule has 82 valence electrons. The smallest absolute Gasteiger partial charge is 0.0865 e. The van der Waals surface area contributed by atoms with Crippen molar-refractivity contribution >= 4 is 73.7 Å². The summed E-state index contributed by atoms with van der Waals surface area (Å²) in [6.45, 7) is -0.0560. The lowest BCUT2D eigenvalue weighted by atomic mass is 10.2. The van der Waals surface area contributed by atoms with E-state index in [4.69, 9.17) is 4.74 Å². The highest BCUT2D eigenvalue weighted by atomic mass is 127. The average Bonchev–Trinajstić information content (AvgIpc) is 2.08. The summed E-state index contributed by atoms with van der Waals surface area (Å²) in [5, 5.41) is 10.2. The van der Waals surface area contributed by atoms with Crippen LogP contribution < -0.4 is 5.11 Å². The van der Waals surface area contributed by atoms with Crippen molar-refractivity contribution in [3.8, 4) is 0 Å². The van der Waals surface area contributed by atoms with Crippen molar-refractivity contribution in [1.82, 2.24) is 0 Å². The number of ether oxygens (including phenoxy) is 1. The van der Waals surface area contributed by atoms with Crippen LogP contribution in [-0.4, -0.2) is 12.6 Å². The molecule has 0 spiro atoms. The third kappa shape index (κ3) is 4.69. The molecular weight excluding hydrogens is 537 g/mol. The van der Waals surface area contributed by atoms with Gasteiger partial charge in [-0.1, -0.05) is 0 Å². The molecule has 3 nitrogen and oxygen atoms in total. The van der Waals surface area contributed by atoms with E-state index >= 15 is 0 Å². The highest BCUT2D eigenvalue weighted by Gasteiger charge is 2.06. The maximum absolute atomic E-state index is 10.2. The maximum Gasteiger partial charge on any atom is 0.0865 e. The van der Waals surface area contributed by atoms with E-state index in [1.807, 2.05) is 12.1 Å². The molecule has 0 bridgehead atoms. The fourth-order valence-electron chi connectivity index (χ4n) is 0.946. The second-order valence-electron chi connectivity index (χ2n) is 2.71. The van der Waals surface area contributed by atoms with Crippen molar-refractivity contribution in [1.29, 1.82) is 0 Å². The Hall–Kier alpha value is 0.840. The number of carbonyl (C=O) groups is 1. The number of carboxylic acids is 1. The van der Waals surface area contributed by atoms with Crippen LogP contribution in [0.4, 0.5) is 0 Å². The Balaban J connectivity index is 2.72. The van der Waals surface area contributed by atoms with Crippen LogP contribution in [0.25, 0.3) is 0 Å². The van der Waals surface area contributed by atoms with Gasteiger partial charge < -0.3 is 14.6 Å². The fraction of sp³-hybridized carbons (Fsp3) is 0.222. The first-order chi connectivity index (χ1) is 7.00. The zero-order chi connectivity index (χ0) is 11.4. The number of rotatable bonds is 4. The quantitative estimate of drug-likeness (QED) is 0.545. The van der Waals surface area contributed by atoms with Crippen LogP contribution >= 0.6 is 67.8 Å². The summed E-state index contributed by atoms with van der Waals surface area (Å²) < 4.78 is 8.34. The fourth-order valence-corrected chi connectivity index (χ4v) is 4.84. The molecule has 0 aliphatic carbocycles.